The van der Waals surface area contributed by atoms with E-state index < -0.39 is 55.8 Å². The molecule has 0 bridgehead atoms. The minimum absolute atomic E-state index is 0. The molecule has 0 saturated carbocycles. The van der Waals surface area contributed by atoms with Gasteiger partial charge >= 0.3 is 47.8 Å². The molecule has 0 fully saturated rings. The third-order valence-electron chi connectivity index (χ3n) is 4.24. The monoisotopic (exact) mass is 1460 g/mol. The first-order chi connectivity index (χ1) is 22.2. The van der Waals surface area contributed by atoms with Crippen molar-refractivity contribution in [1.82, 2.24) is 0 Å². The Morgan fingerprint density at radius 2 is 1.08 bits per heavy atom. The summed E-state index contributed by atoms with van der Waals surface area (Å²) in [6.07, 6.45) is -1.86. The van der Waals surface area contributed by atoms with E-state index in [4.69, 9.17) is 13.7 Å². The van der Waals surface area contributed by atoms with Crippen LogP contribution in [0.3, 0.4) is 0 Å². The zero-order chi connectivity index (χ0) is 37.8. The van der Waals surface area contributed by atoms with Crippen molar-refractivity contribution < 1.29 is 105 Å². The molecular weight excluding hydrogens is 1440 g/mol. The van der Waals surface area contributed by atoms with E-state index in [0.717, 1.165) is 3.57 Å². The van der Waals surface area contributed by atoms with E-state index in [0.29, 0.717) is 34.1 Å². The second-order valence-corrected chi connectivity index (χ2v) is 14.3. The Hall–Kier alpha value is 1.19. The molecule has 25 heteroatoms. The molecule has 3 amide bonds. The van der Waals surface area contributed by atoms with Crippen LogP contribution in [0.25, 0.3) is 0 Å². The molecule has 3 N–H and O–H groups in total. The number of carbonyl (C=O) groups excluding carboxylic acids is 3. The van der Waals surface area contributed by atoms with E-state index in [1.807, 2.05) is 22.6 Å². The number of rotatable bonds is 3. The summed E-state index contributed by atoms with van der Waals surface area (Å²) in [4.78, 5) is 32.4. The minimum Gasteiger partial charge on any atom is -0.453 e. The standard InChI is InChI=1S/2C8H6BrFINO2.C8H7BrFNO2.I2.IO4.Na/c1-14-8(13)12-7-3-5(10)4(9)2-6(7)11;1-14-8(13)12-5-3-2-4(9)6(10)7(5)11;1-13-8(12)11-5-2-3-6(9)7(10)4-5;1-2;2-1(3,4)5;/h2*2-3H,1H3,(H,12,13);2-4H,1H3,(H,11,12);;;/q;;;;-1;+1. The molecule has 3 aromatic carbocycles. The Morgan fingerprint density at radius 3 is 1.53 bits per heavy atom. The number of hydrogen-bond donors (Lipinski definition) is 3. The molecule has 0 spiro atoms. The summed E-state index contributed by atoms with van der Waals surface area (Å²) in [6, 6.07) is 10.2. The number of halogens is 11. The van der Waals surface area contributed by atoms with Crippen LogP contribution in [0.5, 0.6) is 0 Å². The Morgan fingerprint density at radius 1 is 0.673 bits per heavy atom. The van der Waals surface area contributed by atoms with Gasteiger partial charge in [-0.1, -0.05) is 0 Å². The number of benzene rings is 3. The minimum atomic E-state index is -5.94. The number of methoxy groups -OCH3 is 3. The molecule has 0 aliphatic heterocycles. The quantitative estimate of drug-likeness (QED) is 0.109. The Bertz CT molecular complexity index is 1500. The van der Waals surface area contributed by atoms with Crippen molar-refractivity contribution in [2.24, 2.45) is 0 Å². The van der Waals surface area contributed by atoms with E-state index in [1.165, 1.54) is 45.6 Å². The fourth-order valence-electron chi connectivity index (χ4n) is 2.31. The average Bonchev–Trinajstić information content (AvgIpc) is 3.02. The molecule has 0 radical (unpaired) electrons. The molecule has 268 valence electrons. The van der Waals surface area contributed by atoms with Crippen molar-refractivity contribution >= 4 is 166 Å². The summed E-state index contributed by atoms with van der Waals surface area (Å²) >= 11 is 11.2. The van der Waals surface area contributed by atoms with Gasteiger partial charge in [-0.3, -0.25) is 29.7 Å². The second-order valence-electron chi connectivity index (χ2n) is 7.33. The van der Waals surface area contributed by atoms with Gasteiger partial charge in [0.2, 0.25) is 0 Å². The summed E-state index contributed by atoms with van der Waals surface area (Å²) in [5, 5.41) is 7.13. The number of nitrogens with one attached hydrogen (secondary N) is 3. The van der Waals surface area contributed by atoms with Gasteiger partial charge in [0.15, 0.2) is 5.82 Å². The number of carbonyl (C=O) groups is 3. The van der Waals surface area contributed by atoms with Crippen molar-refractivity contribution in [1.29, 1.82) is 0 Å². The molecule has 0 aromatic heterocycles. The van der Waals surface area contributed by atoms with Gasteiger partial charge in [-0.05, 0) is 135 Å². The molecule has 0 aliphatic rings. The van der Waals surface area contributed by atoms with Gasteiger partial charge in [0, 0.05) is 46.5 Å². The maximum atomic E-state index is 13.3. The molecule has 0 aliphatic carbocycles. The number of hydrogen-bond acceptors (Lipinski definition) is 10. The summed E-state index contributed by atoms with van der Waals surface area (Å²) in [5.74, 6) is -1.27. The van der Waals surface area contributed by atoms with Gasteiger partial charge in [-0.2, -0.15) is 0 Å². The normalized spacial score (nSPS) is 9.41. The van der Waals surface area contributed by atoms with E-state index in [9.17, 15) is 27.6 Å². The first-order valence-corrected chi connectivity index (χ1v) is 25.6. The molecule has 0 saturated heterocycles. The summed E-state index contributed by atoms with van der Waals surface area (Å²) in [7, 11) is 3.74. The zero-order valence-corrected chi connectivity index (χ0v) is 42.3. The van der Waals surface area contributed by atoms with Gasteiger partial charge in [-0.25, -0.2) is 27.6 Å². The van der Waals surface area contributed by atoms with Crippen molar-refractivity contribution in [2.75, 3.05) is 37.3 Å². The van der Waals surface area contributed by atoms with Crippen molar-refractivity contribution in [3.05, 3.63) is 80.5 Å². The first kappa shape index (κ1) is 54.5. The van der Waals surface area contributed by atoms with E-state index in [1.54, 1.807) is 40.8 Å². The van der Waals surface area contributed by atoms with E-state index in [2.05, 4.69) is 115 Å². The Labute approximate surface area is 382 Å². The number of amides is 3. The Balaban J connectivity index is -0.000000586. The Kier molecular flexibility index (Phi) is 32.9. The maximum Gasteiger partial charge on any atom is 1.00 e. The van der Waals surface area contributed by atoms with E-state index in [-0.39, 0.29) is 29.6 Å². The third kappa shape index (κ3) is 25.8. The van der Waals surface area contributed by atoms with Crippen LogP contribution in [0.1, 0.15) is 0 Å². The first-order valence-electron chi connectivity index (χ1n) is 11.3. The van der Waals surface area contributed by atoms with Crippen LogP contribution in [0.2, 0.25) is 0 Å². The van der Waals surface area contributed by atoms with Crippen LogP contribution >= 0.6 is 130 Å². The van der Waals surface area contributed by atoms with Crippen LogP contribution in [-0.4, -0.2) is 39.6 Å². The van der Waals surface area contributed by atoms with Gasteiger partial charge in [-0.15, -0.1) is 0 Å². The van der Waals surface area contributed by atoms with Gasteiger partial charge in [0.05, 0.1) is 49.7 Å². The fourth-order valence-corrected chi connectivity index (χ4v) is 5.23. The van der Waals surface area contributed by atoms with Crippen LogP contribution in [-0.2, 0) is 14.2 Å². The SMILES string of the molecule is COC(=O)Nc1cc(F)c(Br)cc1I.COC(=O)Nc1ccc(Br)c(F)c1.COC(=O)Nc1ccc(Br)c(F)c1I.II.[Na+].[O-][I+3]([O-])([O-])[O-]. The van der Waals surface area contributed by atoms with Crippen LogP contribution < -0.4 is 79.3 Å². The van der Waals surface area contributed by atoms with Crippen molar-refractivity contribution in [2.45, 2.75) is 0 Å². The smallest absolute Gasteiger partial charge is 0.453 e. The second kappa shape index (κ2) is 29.5. The van der Waals surface area contributed by atoms with Gasteiger partial charge in [0.1, 0.15) is 31.7 Å². The number of ether oxygens (including phenoxy) is 3. The summed E-state index contributed by atoms with van der Waals surface area (Å²) in [5.41, 5.74) is 1.13. The summed E-state index contributed by atoms with van der Waals surface area (Å²) < 4.78 is 89.0. The van der Waals surface area contributed by atoms with Gasteiger partial charge < -0.3 is 14.2 Å². The summed E-state index contributed by atoms with van der Waals surface area (Å²) in [6.45, 7) is 0. The van der Waals surface area contributed by atoms with Crippen LogP contribution in [0.15, 0.2) is 55.9 Å². The maximum absolute atomic E-state index is 13.3. The van der Waals surface area contributed by atoms with Crippen LogP contribution in [0.4, 0.5) is 44.6 Å². The van der Waals surface area contributed by atoms with Crippen LogP contribution in [0, 0.1) is 24.6 Å². The van der Waals surface area contributed by atoms with Gasteiger partial charge in [0.25, 0.3) is 0 Å². The molecule has 3 aromatic rings. The average molecular weight is 1460 g/mol. The van der Waals surface area contributed by atoms with Crippen molar-refractivity contribution in [3.63, 3.8) is 0 Å². The molecule has 0 heterocycles. The predicted molar refractivity (Wildman–Crippen MR) is 204 cm³/mol. The fraction of sp³-hybridized carbons (Fsp3) is 0.125. The largest absolute Gasteiger partial charge is 1.00 e. The van der Waals surface area contributed by atoms with Crippen molar-refractivity contribution in [3.8, 4) is 0 Å². The molecule has 49 heavy (non-hydrogen) atoms. The number of anilines is 3. The molecular formula is C24H19Br3F3I5N3NaO10. The molecule has 0 unspecified atom stereocenters. The third-order valence-corrected chi connectivity index (χ3v) is 8.05. The van der Waals surface area contributed by atoms with E-state index >= 15 is 0 Å². The molecule has 3 rings (SSSR count). The predicted octanol–water partition coefficient (Wildman–Crippen LogP) is 0.532. The zero-order valence-electron chi connectivity index (χ0n) is 24.8. The molecule has 0 atom stereocenters. The molecule has 13 nitrogen and oxygen atoms in total. The topological polar surface area (TPSA) is 207 Å².